The van der Waals surface area contributed by atoms with Gasteiger partial charge in [-0.25, -0.2) is 4.98 Å². The van der Waals surface area contributed by atoms with Crippen molar-refractivity contribution in [1.82, 2.24) is 19.2 Å². The first-order valence-corrected chi connectivity index (χ1v) is 10.1. The first kappa shape index (κ1) is 18.9. The lowest BCUT2D eigenvalue weighted by atomic mass is 9.87. The Balaban J connectivity index is 1.41. The second kappa shape index (κ2) is 7.54. The normalized spacial score (nSPS) is 20.2. The van der Waals surface area contributed by atoms with E-state index in [-0.39, 0.29) is 11.8 Å². The van der Waals surface area contributed by atoms with E-state index < -0.39 is 5.60 Å². The van der Waals surface area contributed by atoms with Crippen LogP contribution >= 0.6 is 0 Å². The minimum Gasteiger partial charge on any atom is -0.372 e. The molecule has 28 heavy (non-hydrogen) atoms. The van der Waals surface area contributed by atoms with Gasteiger partial charge in [0.1, 0.15) is 11.3 Å². The smallest absolute Gasteiger partial charge is 0.274 e. The van der Waals surface area contributed by atoms with Gasteiger partial charge >= 0.3 is 0 Å². The minimum absolute atomic E-state index is 0.0556. The average molecular weight is 384 g/mol. The van der Waals surface area contributed by atoms with E-state index in [9.17, 15) is 9.59 Å². The molecule has 0 N–H and O–H groups in total. The fraction of sp³-hybridized carbons (Fsp3) is 0.571. The Morgan fingerprint density at radius 1 is 1.25 bits per heavy atom. The zero-order valence-corrected chi connectivity index (χ0v) is 16.6. The molecule has 2 fully saturated rings. The Labute approximate surface area is 165 Å². The van der Waals surface area contributed by atoms with E-state index in [4.69, 9.17) is 4.74 Å². The number of likely N-dealkylation sites (tertiary alicyclic amines) is 1. The van der Waals surface area contributed by atoms with E-state index in [1.54, 1.807) is 6.20 Å². The van der Waals surface area contributed by atoms with Crippen molar-refractivity contribution in [2.75, 3.05) is 32.8 Å². The number of hydrogen-bond acceptors (Lipinski definition) is 4. The first-order chi connectivity index (χ1) is 13.5. The lowest BCUT2D eigenvalue weighted by Crippen LogP contribution is -2.49. The molecule has 4 heterocycles. The van der Waals surface area contributed by atoms with E-state index >= 15 is 0 Å². The van der Waals surface area contributed by atoms with E-state index in [1.165, 1.54) is 0 Å². The fourth-order valence-corrected chi connectivity index (χ4v) is 4.21. The van der Waals surface area contributed by atoms with Gasteiger partial charge in [-0.2, -0.15) is 0 Å². The molecule has 7 nitrogen and oxygen atoms in total. The van der Waals surface area contributed by atoms with Crippen molar-refractivity contribution in [3.63, 3.8) is 0 Å². The molecule has 4 rings (SSSR count). The van der Waals surface area contributed by atoms with Gasteiger partial charge in [0.2, 0.25) is 5.91 Å². The molecular weight excluding hydrogens is 356 g/mol. The molecule has 2 aliphatic heterocycles. The number of fused-ring (bicyclic) bond motifs is 1. The monoisotopic (exact) mass is 384 g/mol. The van der Waals surface area contributed by atoms with Crippen LogP contribution in [0.3, 0.4) is 0 Å². The Hall–Kier alpha value is -2.41. The summed E-state index contributed by atoms with van der Waals surface area (Å²) in [5.74, 6) is 0.564. The molecule has 1 spiro atoms. The molecule has 0 saturated carbocycles. The third kappa shape index (κ3) is 3.76. The number of carbonyl (C=O) groups excluding carboxylic acids is 2. The summed E-state index contributed by atoms with van der Waals surface area (Å²) in [5.41, 5.74) is 0.795. The first-order valence-electron chi connectivity index (χ1n) is 10.1. The van der Waals surface area contributed by atoms with E-state index in [1.807, 2.05) is 38.6 Å². The SMILES string of the molecule is CC(C)CN1CCOC2(CCN(C(=O)c3cn4ccccc4n3)CC2)CC1=O. The molecule has 2 aromatic heterocycles. The highest BCUT2D eigenvalue weighted by molar-refractivity contribution is 5.93. The average Bonchev–Trinajstić information content (AvgIpc) is 3.05. The van der Waals surface area contributed by atoms with Gasteiger partial charge in [0.15, 0.2) is 0 Å². The van der Waals surface area contributed by atoms with Crippen LogP contribution in [-0.4, -0.2) is 69.4 Å². The van der Waals surface area contributed by atoms with Crippen molar-refractivity contribution in [2.45, 2.75) is 38.7 Å². The fourth-order valence-electron chi connectivity index (χ4n) is 4.21. The summed E-state index contributed by atoms with van der Waals surface area (Å²) in [4.78, 5) is 33.8. The number of hydrogen-bond donors (Lipinski definition) is 0. The maximum absolute atomic E-state index is 12.9. The number of piperidine rings is 1. The highest BCUT2D eigenvalue weighted by Gasteiger charge is 2.41. The molecule has 0 aliphatic carbocycles. The highest BCUT2D eigenvalue weighted by atomic mass is 16.5. The topological polar surface area (TPSA) is 67.2 Å². The van der Waals surface area contributed by atoms with Crippen LogP contribution in [0.4, 0.5) is 0 Å². The summed E-state index contributed by atoms with van der Waals surface area (Å²) in [6.07, 6.45) is 5.45. The Morgan fingerprint density at radius 2 is 2.04 bits per heavy atom. The zero-order valence-electron chi connectivity index (χ0n) is 16.6. The number of carbonyl (C=O) groups is 2. The molecule has 2 aliphatic rings. The van der Waals surface area contributed by atoms with Crippen LogP contribution in [0.25, 0.3) is 5.65 Å². The van der Waals surface area contributed by atoms with Gasteiger partial charge < -0.3 is 18.9 Å². The summed E-state index contributed by atoms with van der Waals surface area (Å²) >= 11 is 0. The molecule has 7 heteroatoms. The van der Waals surface area contributed by atoms with Crippen molar-refractivity contribution in [3.05, 3.63) is 36.3 Å². The van der Waals surface area contributed by atoms with Gasteiger partial charge in [-0.05, 0) is 30.9 Å². The predicted octanol–water partition coefficient (Wildman–Crippen LogP) is 2.21. The van der Waals surface area contributed by atoms with Gasteiger partial charge in [0.25, 0.3) is 5.91 Å². The lowest BCUT2D eigenvalue weighted by Gasteiger charge is -2.40. The summed E-state index contributed by atoms with van der Waals surface area (Å²) in [6, 6.07) is 5.71. The number of amides is 2. The van der Waals surface area contributed by atoms with Crippen molar-refractivity contribution in [2.24, 2.45) is 5.92 Å². The quantitative estimate of drug-likeness (QED) is 0.814. The molecule has 2 amide bonds. The van der Waals surface area contributed by atoms with Crippen LogP contribution in [-0.2, 0) is 9.53 Å². The number of imidazole rings is 1. The largest absolute Gasteiger partial charge is 0.372 e. The number of aromatic nitrogens is 2. The van der Waals surface area contributed by atoms with Crippen molar-refractivity contribution < 1.29 is 14.3 Å². The van der Waals surface area contributed by atoms with Crippen LogP contribution in [0, 0.1) is 5.92 Å². The van der Waals surface area contributed by atoms with E-state index in [2.05, 4.69) is 18.8 Å². The number of pyridine rings is 1. The van der Waals surface area contributed by atoms with E-state index in [0.717, 1.165) is 12.2 Å². The Morgan fingerprint density at radius 3 is 2.75 bits per heavy atom. The van der Waals surface area contributed by atoms with Crippen LogP contribution in [0.1, 0.15) is 43.6 Å². The second-order valence-corrected chi connectivity index (χ2v) is 8.33. The standard InChI is InChI=1S/C21H28N4O3/c1-16(2)14-25-11-12-28-21(13-19(25)26)6-9-23(10-7-21)20(27)17-15-24-8-4-3-5-18(24)22-17/h3-5,8,15-16H,6-7,9-14H2,1-2H3. The summed E-state index contributed by atoms with van der Waals surface area (Å²) in [7, 11) is 0. The number of nitrogens with zero attached hydrogens (tertiary/aromatic N) is 4. The van der Waals surface area contributed by atoms with Gasteiger partial charge in [0.05, 0.1) is 18.6 Å². The van der Waals surface area contributed by atoms with Crippen molar-refractivity contribution in [1.29, 1.82) is 0 Å². The van der Waals surface area contributed by atoms with Gasteiger partial charge in [-0.1, -0.05) is 19.9 Å². The highest BCUT2D eigenvalue weighted by Crippen LogP contribution is 2.33. The van der Waals surface area contributed by atoms with Crippen LogP contribution in [0.2, 0.25) is 0 Å². The molecule has 0 unspecified atom stereocenters. The van der Waals surface area contributed by atoms with Crippen LogP contribution in [0.15, 0.2) is 30.6 Å². The molecular formula is C21H28N4O3. The van der Waals surface area contributed by atoms with Crippen molar-refractivity contribution >= 4 is 17.5 Å². The predicted molar refractivity (Wildman–Crippen MR) is 105 cm³/mol. The Bertz CT molecular complexity index is 834. The molecule has 0 radical (unpaired) electrons. The minimum atomic E-state index is -0.432. The molecule has 0 atom stereocenters. The lowest BCUT2D eigenvalue weighted by molar-refractivity contribution is -0.135. The van der Waals surface area contributed by atoms with Crippen LogP contribution in [0.5, 0.6) is 0 Å². The molecule has 2 aromatic rings. The summed E-state index contributed by atoms with van der Waals surface area (Å²) < 4.78 is 8.03. The third-order valence-electron chi connectivity index (χ3n) is 5.73. The molecule has 2 saturated heterocycles. The summed E-state index contributed by atoms with van der Waals surface area (Å²) in [5, 5.41) is 0. The zero-order chi connectivity index (χ0) is 19.7. The third-order valence-corrected chi connectivity index (χ3v) is 5.73. The van der Waals surface area contributed by atoms with Crippen molar-refractivity contribution in [3.8, 4) is 0 Å². The number of ether oxygens (including phenoxy) is 1. The van der Waals surface area contributed by atoms with Gasteiger partial charge in [-0.3, -0.25) is 9.59 Å². The molecule has 0 bridgehead atoms. The van der Waals surface area contributed by atoms with E-state index in [0.29, 0.717) is 57.1 Å². The second-order valence-electron chi connectivity index (χ2n) is 8.33. The summed E-state index contributed by atoms with van der Waals surface area (Å²) in [6.45, 7) is 7.42. The maximum Gasteiger partial charge on any atom is 0.274 e. The molecule has 150 valence electrons. The Kier molecular flexibility index (Phi) is 5.10. The van der Waals surface area contributed by atoms with Crippen LogP contribution < -0.4 is 0 Å². The van der Waals surface area contributed by atoms with Gasteiger partial charge in [-0.15, -0.1) is 0 Å². The van der Waals surface area contributed by atoms with Gasteiger partial charge in [0, 0.05) is 38.6 Å². The maximum atomic E-state index is 12.9. The molecule has 0 aromatic carbocycles. The number of rotatable bonds is 3.